The number of benzene rings is 1. The molecular formula is C20H25N5O. The number of nitrogens with zero attached hydrogens (tertiary/aromatic N) is 4. The fourth-order valence-electron chi connectivity index (χ4n) is 3.93. The largest absolute Gasteiger partial charge is 0.369 e. The predicted molar refractivity (Wildman–Crippen MR) is 102 cm³/mol. The van der Waals surface area contributed by atoms with Crippen LogP contribution in [0.3, 0.4) is 0 Å². The molecule has 1 aliphatic rings. The summed E-state index contributed by atoms with van der Waals surface area (Å²) >= 11 is 0. The van der Waals surface area contributed by atoms with E-state index in [-0.39, 0.29) is 5.91 Å². The lowest BCUT2D eigenvalue weighted by Gasteiger charge is -2.38. The summed E-state index contributed by atoms with van der Waals surface area (Å²) in [6.07, 6.45) is 6.62. The summed E-state index contributed by atoms with van der Waals surface area (Å²) in [5.41, 5.74) is 3.10. The summed E-state index contributed by atoms with van der Waals surface area (Å²) in [6, 6.07) is 6.05. The van der Waals surface area contributed by atoms with E-state index in [1.807, 2.05) is 12.1 Å². The van der Waals surface area contributed by atoms with Crippen LogP contribution in [0.4, 0.5) is 5.69 Å². The molecule has 3 rings (SSSR count). The summed E-state index contributed by atoms with van der Waals surface area (Å²) in [6.45, 7) is 6.54. The predicted octanol–water partition coefficient (Wildman–Crippen LogP) is 2.88. The van der Waals surface area contributed by atoms with Crippen LogP contribution in [0.2, 0.25) is 0 Å². The molecule has 1 fully saturated rings. The van der Waals surface area contributed by atoms with Gasteiger partial charge < -0.3 is 10.2 Å². The molecule has 0 bridgehead atoms. The number of hydrogen-bond acceptors (Lipinski definition) is 5. The Hall–Kier alpha value is -2.68. The van der Waals surface area contributed by atoms with Crippen molar-refractivity contribution in [1.82, 2.24) is 15.3 Å². The van der Waals surface area contributed by atoms with Crippen LogP contribution in [-0.2, 0) is 4.79 Å². The standard InChI is InChI=1S/C20H25N5O/c1-14-10-16(4-3-7-22-15(2)26)13-25(12-14)18-6-5-17(11-21)19-20(18)24-9-8-23-19/h5-6,8-9,14,16H,3-4,7,10,12-13H2,1-2H3,(H,22,26)/t14-,16+/m0/s1. The third kappa shape index (κ3) is 4.10. The Balaban J connectivity index is 1.77. The van der Waals surface area contributed by atoms with Crippen molar-refractivity contribution in [2.75, 3.05) is 24.5 Å². The summed E-state index contributed by atoms with van der Waals surface area (Å²) < 4.78 is 0. The molecule has 6 heteroatoms. The van der Waals surface area contributed by atoms with Gasteiger partial charge in [-0.1, -0.05) is 6.92 Å². The van der Waals surface area contributed by atoms with E-state index >= 15 is 0 Å². The Kier molecular flexibility index (Phi) is 5.67. The fourth-order valence-corrected chi connectivity index (χ4v) is 3.93. The highest BCUT2D eigenvalue weighted by Crippen LogP contribution is 2.33. The van der Waals surface area contributed by atoms with Gasteiger partial charge in [0.1, 0.15) is 17.1 Å². The summed E-state index contributed by atoms with van der Waals surface area (Å²) in [7, 11) is 0. The van der Waals surface area contributed by atoms with Crippen molar-refractivity contribution in [1.29, 1.82) is 5.26 Å². The number of nitrogens with one attached hydrogen (secondary N) is 1. The normalized spacial score (nSPS) is 20.0. The Morgan fingerprint density at radius 1 is 1.31 bits per heavy atom. The zero-order valence-electron chi connectivity index (χ0n) is 15.4. The van der Waals surface area contributed by atoms with E-state index in [9.17, 15) is 10.1 Å². The topological polar surface area (TPSA) is 81.9 Å². The van der Waals surface area contributed by atoms with E-state index in [1.54, 1.807) is 19.3 Å². The lowest BCUT2D eigenvalue weighted by atomic mass is 9.87. The van der Waals surface area contributed by atoms with Crippen LogP contribution in [-0.4, -0.2) is 35.5 Å². The van der Waals surface area contributed by atoms with Gasteiger partial charge in [-0.15, -0.1) is 0 Å². The number of amides is 1. The molecule has 2 atom stereocenters. The SMILES string of the molecule is CC(=O)NCCC[C@@H]1C[C@H](C)CN(c2ccc(C#N)c3nccnc23)C1. The van der Waals surface area contributed by atoms with Crippen molar-refractivity contribution in [2.45, 2.75) is 33.1 Å². The van der Waals surface area contributed by atoms with Crippen molar-refractivity contribution in [3.63, 3.8) is 0 Å². The number of hydrogen-bond donors (Lipinski definition) is 1. The smallest absolute Gasteiger partial charge is 0.216 e. The van der Waals surface area contributed by atoms with Gasteiger partial charge in [0, 0.05) is 39.0 Å². The lowest BCUT2D eigenvalue weighted by molar-refractivity contribution is -0.118. The second-order valence-corrected chi connectivity index (χ2v) is 7.23. The Labute approximate surface area is 154 Å². The van der Waals surface area contributed by atoms with E-state index in [2.05, 4.69) is 33.2 Å². The van der Waals surface area contributed by atoms with Gasteiger partial charge in [0.25, 0.3) is 0 Å². The lowest BCUT2D eigenvalue weighted by Crippen LogP contribution is -2.40. The molecule has 1 aromatic heterocycles. The summed E-state index contributed by atoms with van der Waals surface area (Å²) in [5.74, 6) is 1.22. The second-order valence-electron chi connectivity index (χ2n) is 7.23. The molecule has 0 unspecified atom stereocenters. The molecule has 2 aromatic rings. The molecule has 26 heavy (non-hydrogen) atoms. The first kappa shape index (κ1) is 18.1. The first-order chi connectivity index (χ1) is 12.6. The van der Waals surface area contributed by atoms with Crippen LogP contribution in [0, 0.1) is 23.2 Å². The molecular weight excluding hydrogens is 326 g/mol. The Morgan fingerprint density at radius 2 is 2.08 bits per heavy atom. The molecule has 0 radical (unpaired) electrons. The quantitative estimate of drug-likeness (QED) is 0.838. The van der Waals surface area contributed by atoms with Gasteiger partial charge in [-0.2, -0.15) is 5.26 Å². The van der Waals surface area contributed by atoms with Crippen molar-refractivity contribution in [2.24, 2.45) is 11.8 Å². The minimum Gasteiger partial charge on any atom is -0.369 e. The number of nitriles is 1. The average molecular weight is 351 g/mol. The van der Waals surface area contributed by atoms with Crippen LogP contribution in [0.25, 0.3) is 11.0 Å². The first-order valence-corrected chi connectivity index (χ1v) is 9.21. The van der Waals surface area contributed by atoms with Gasteiger partial charge in [-0.05, 0) is 43.2 Å². The Morgan fingerprint density at radius 3 is 2.81 bits per heavy atom. The van der Waals surface area contributed by atoms with Gasteiger partial charge >= 0.3 is 0 Å². The van der Waals surface area contributed by atoms with Crippen LogP contribution in [0.1, 0.15) is 38.7 Å². The maximum Gasteiger partial charge on any atom is 0.216 e. The molecule has 1 N–H and O–H groups in total. The molecule has 1 aromatic carbocycles. The fraction of sp³-hybridized carbons (Fsp3) is 0.500. The number of piperidine rings is 1. The third-order valence-electron chi connectivity index (χ3n) is 4.97. The van der Waals surface area contributed by atoms with E-state index in [0.29, 0.717) is 22.9 Å². The van der Waals surface area contributed by atoms with E-state index < -0.39 is 0 Å². The highest BCUT2D eigenvalue weighted by Gasteiger charge is 2.26. The van der Waals surface area contributed by atoms with Crippen LogP contribution >= 0.6 is 0 Å². The molecule has 1 amide bonds. The van der Waals surface area contributed by atoms with Crippen molar-refractivity contribution >= 4 is 22.6 Å². The van der Waals surface area contributed by atoms with Gasteiger partial charge in [0.05, 0.1) is 11.3 Å². The number of anilines is 1. The number of carbonyl (C=O) groups is 1. The minimum absolute atomic E-state index is 0.0336. The van der Waals surface area contributed by atoms with E-state index in [1.165, 1.54) is 6.42 Å². The summed E-state index contributed by atoms with van der Waals surface area (Å²) in [4.78, 5) is 22.3. The highest BCUT2D eigenvalue weighted by atomic mass is 16.1. The number of aromatic nitrogens is 2. The zero-order chi connectivity index (χ0) is 18.5. The zero-order valence-corrected chi connectivity index (χ0v) is 15.4. The first-order valence-electron chi connectivity index (χ1n) is 9.21. The van der Waals surface area contributed by atoms with Gasteiger partial charge in [0.15, 0.2) is 0 Å². The van der Waals surface area contributed by atoms with Crippen molar-refractivity contribution < 1.29 is 4.79 Å². The van der Waals surface area contributed by atoms with Crippen molar-refractivity contribution in [3.8, 4) is 6.07 Å². The second kappa shape index (κ2) is 8.13. The third-order valence-corrected chi connectivity index (χ3v) is 4.97. The van der Waals surface area contributed by atoms with E-state index in [4.69, 9.17) is 0 Å². The number of fused-ring (bicyclic) bond motifs is 1. The Bertz CT molecular complexity index is 829. The number of rotatable bonds is 5. The molecule has 0 aliphatic carbocycles. The molecule has 1 aliphatic heterocycles. The van der Waals surface area contributed by atoms with Gasteiger partial charge in [-0.3, -0.25) is 14.8 Å². The maximum atomic E-state index is 11.0. The highest BCUT2D eigenvalue weighted by molar-refractivity contribution is 5.91. The maximum absolute atomic E-state index is 11.0. The molecule has 0 spiro atoms. The average Bonchev–Trinajstić information content (AvgIpc) is 2.63. The number of carbonyl (C=O) groups excluding carboxylic acids is 1. The van der Waals surface area contributed by atoms with Crippen molar-refractivity contribution in [3.05, 3.63) is 30.1 Å². The molecule has 1 saturated heterocycles. The van der Waals surface area contributed by atoms with E-state index in [0.717, 1.165) is 43.7 Å². The minimum atomic E-state index is 0.0336. The van der Waals surface area contributed by atoms with Crippen LogP contribution in [0.5, 0.6) is 0 Å². The monoisotopic (exact) mass is 351 g/mol. The molecule has 6 nitrogen and oxygen atoms in total. The van der Waals surface area contributed by atoms with Gasteiger partial charge in [0.2, 0.25) is 5.91 Å². The summed E-state index contributed by atoms with van der Waals surface area (Å²) in [5, 5.41) is 12.2. The molecule has 0 saturated carbocycles. The molecule has 2 heterocycles. The van der Waals surface area contributed by atoms with Crippen LogP contribution < -0.4 is 10.2 Å². The van der Waals surface area contributed by atoms with Crippen LogP contribution in [0.15, 0.2) is 24.5 Å². The molecule has 136 valence electrons. The van der Waals surface area contributed by atoms with Gasteiger partial charge in [-0.25, -0.2) is 0 Å².